The van der Waals surface area contributed by atoms with Crippen molar-refractivity contribution < 1.29 is 27.9 Å². The molecule has 0 bridgehead atoms. The maximum Gasteiger partial charge on any atom is 0.451 e. The summed E-state index contributed by atoms with van der Waals surface area (Å²) in [5.74, 6) is -3.35. The van der Waals surface area contributed by atoms with Gasteiger partial charge in [-0.15, -0.1) is 0 Å². The van der Waals surface area contributed by atoms with Crippen LogP contribution in [0.1, 0.15) is 47.7 Å². The Kier molecular flexibility index (Phi) is 4.86. The molecule has 0 spiro atoms. The average Bonchev–Trinajstić information content (AvgIpc) is 2.46. The Morgan fingerprint density at radius 1 is 1.22 bits per heavy atom. The van der Waals surface area contributed by atoms with Gasteiger partial charge in [-0.25, -0.2) is 9.97 Å². The second-order valence-corrected chi connectivity index (χ2v) is 5.58. The minimum Gasteiger partial charge on any atom is -0.481 e. The van der Waals surface area contributed by atoms with Crippen LogP contribution < -0.4 is 5.32 Å². The van der Waals surface area contributed by atoms with E-state index < -0.39 is 29.8 Å². The number of hydrogen-bond acceptors (Lipinski definition) is 4. The van der Waals surface area contributed by atoms with Crippen LogP contribution in [0, 0.1) is 12.8 Å². The molecule has 0 aromatic carbocycles. The van der Waals surface area contributed by atoms with Crippen LogP contribution in [0.4, 0.5) is 13.2 Å². The Hall–Kier alpha value is -2.19. The van der Waals surface area contributed by atoms with Crippen molar-refractivity contribution in [3.63, 3.8) is 0 Å². The van der Waals surface area contributed by atoms with Crippen molar-refractivity contribution in [1.82, 2.24) is 15.3 Å². The van der Waals surface area contributed by atoms with Gasteiger partial charge < -0.3 is 10.4 Å². The van der Waals surface area contributed by atoms with Crippen LogP contribution in [-0.2, 0) is 11.0 Å². The van der Waals surface area contributed by atoms with E-state index >= 15 is 0 Å². The van der Waals surface area contributed by atoms with E-state index in [1.807, 2.05) is 0 Å². The molecule has 126 valence electrons. The lowest BCUT2D eigenvalue weighted by molar-refractivity contribution is -0.145. The molecule has 1 amide bonds. The standard InChI is InChI=1S/C14H16F3N3O3/c1-7-6-10(20-13(18-7)14(15,16)17)11(21)19-9-4-2-8(3-5-9)12(22)23/h6,8-9H,2-5H2,1H3,(H,19,21)(H,22,23). The van der Waals surface area contributed by atoms with Crippen LogP contribution >= 0.6 is 0 Å². The van der Waals surface area contributed by atoms with Crippen LogP contribution in [0.2, 0.25) is 0 Å². The molecule has 1 aliphatic rings. The van der Waals surface area contributed by atoms with Gasteiger partial charge in [-0.05, 0) is 38.7 Å². The van der Waals surface area contributed by atoms with Crippen molar-refractivity contribution >= 4 is 11.9 Å². The molecule has 0 atom stereocenters. The Bertz CT molecular complexity index is 611. The fraction of sp³-hybridized carbons (Fsp3) is 0.571. The predicted molar refractivity (Wildman–Crippen MR) is 72.6 cm³/mol. The molecule has 1 saturated carbocycles. The van der Waals surface area contributed by atoms with E-state index in [2.05, 4.69) is 15.3 Å². The van der Waals surface area contributed by atoms with Crippen molar-refractivity contribution in [2.75, 3.05) is 0 Å². The molecule has 0 saturated heterocycles. The number of nitrogens with one attached hydrogen (secondary N) is 1. The zero-order valence-electron chi connectivity index (χ0n) is 12.4. The van der Waals surface area contributed by atoms with E-state index in [-0.39, 0.29) is 17.4 Å². The third-order valence-electron chi connectivity index (χ3n) is 3.75. The number of amides is 1. The first-order valence-electron chi connectivity index (χ1n) is 7.13. The number of halogens is 3. The summed E-state index contributed by atoms with van der Waals surface area (Å²) in [6.07, 6.45) is -2.92. The van der Waals surface area contributed by atoms with Crippen LogP contribution in [0.3, 0.4) is 0 Å². The predicted octanol–water partition coefficient (Wildman–Crippen LogP) is 2.18. The van der Waals surface area contributed by atoms with Crippen LogP contribution in [0.15, 0.2) is 6.07 Å². The maximum atomic E-state index is 12.7. The van der Waals surface area contributed by atoms with E-state index in [1.165, 1.54) is 13.0 Å². The number of carbonyl (C=O) groups excluding carboxylic acids is 1. The average molecular weight is 331 g/mol. The highest BCUT2D eigenvalue weighted by molar-refractivity contribution is 5.92. The smallest absolute Gasteiger partial charge is 0.451 e. The summed E-state index contributed by atoms with van der Waals surface area (Å²) >= 11 is 0. The highest BCUT2D eigenvalue weighted by atomic mass is 19.4. The number of aryl methyl sites for hydroxylation is 1. The van der Waals surface area contributed by atoms with Gasteiger partial charge in [0.25, 0.3) is 5.91 Å². The Morgan fingerprint density at radius 2 is 1.83 bits per heavy atom. The minimum atomic E-state index is -4.72. The Morgan fingerprint density at radius 3 is 2.35 bits per heavy atom. The Labute approximate surface area is 130 Å². The molecule has 0 radical (unpaired) electrons. The summed E-state index contributed by atoms with van der Waals surface area (Å²) in [4.78, 5) is 29.5. The molecular weight excluding hydrogens is 315 g/mol. The molecule has 1 aromatic rings. The molecule has 2 rings (SSSR count). The van der Waals surface area contributed by atoms with E-state index in [0.717, 1.165) is 0 Å². The summed E-state index contributed by atoms with van der Waals surface area (Å²) < 4.78 is 38.0. The lowest BCUT2D eigenvalue weighted by Gasteiger charge is -2.26. The second kappa shape index (κ2) is 6.51. The van der Waals surface area contributed by atoms with Gasteiger partial charge >= 0.3 is 12.1 Å². The molecule has 1 heterocycles. The molecule has 1 fully saturated rings. The normalized spacial score (nSPS) is 21.7. The highest BCUT2D eigenvalue weighted by Crippen LogP contribution is 2.27. The van der Waals surface area contributed by atoms with Gasteiger partial charge in [-0.1, -0.05) is 0 Å². The topological polar surface area (TPSA) is 92.2 Å². The monoisotopic (exact) mass is 331 g/mol. The number of carboxylic acid groups (broad SMARTS) is 1. The molecule has 2 N–H and O–H groups in total. The van der Waals surface area contributed by atoms with E-state index in [4.69, 9.17) is 5.11 Å². The van der Waals surface area contributed by atoms with Crippen molar-refractivity contribution in [2.24, 2.45) is 5.92 Å². The quantitative estimate of drug-likeness (QED) is 0.886. The zero-order chi connectivity index (χ0) is 17.2. The van der Waals surface area contributed by atoms with Crippen molar-refractivity contribution in [3.8, 4) is 0 Å². The van der Waals surface area contributed by atoms with Crippen molar-refractivity contribution in [2.45, 2.75) is 44.8 Å². The largest absolute Gasteiger partial charge is 0.481 e. The number of hydrogen-bond donors (Lipinski definition) is 2. The molecule has 0 unspecified atom stereocenters. The van der Waals surface area contributed by atoms with Crippen LogP contribution in [0.25, 0.3) is 0 Å². The molecule has 0 aliphatic heterocycles. The molecular formula is C14H16F3N3O3. The summed E-state index contributed by atoms with van der Waals surface area (Å²) in [5, 5.41) is 11.5. The SMILES string of the molecule is Cc1cc(C(=O)NC2CCC(C(=O)O)CC2)nc(C(F)(F)F)n1. The molecule has 1 aromatic heterocycles. The van der Waals surface area contributed by atoms with Crippen LogP contribution in [-0.4, -0.2) is 33.0 Å². The lowest BCUT2D eigenvalue weighted by Crippen LogP contribution is -2.39. The van der Waals surface area contributed by atoms with E-state index in [0.29, 0.717) is 25.7 Å². The van der Waals surface area contributed by atoms with Crippen LogP contribution in [0.5, 0.6) is 0 Å². The first-order chi connectivity index (χ1) is 10.7. The summed E-state index contributed by atoms with van der Waals surface area (Å²) in [5.41, 5.74) is -0.294. The first kappa shape index (κ1) is 17.2. The number of carboxylic acids is 1. The number of aliphatic carboxylic acids is 1. The lowest BCUT2D eigenvalue weighted by atomic mass is 9.86. The second-order valence-electron chi connectivity index (χ2n) is 5.58. The molecule has 1 aliphatic carbocycles. The maximum absolute atomic E-state index is 12.7. The number of nitrogens with zero attached hydrogens (tertiary/aromatic N) is 2. The van der Waals surface area contributed by atoms with Gasteiger partial charge in [-0.2, -0.15) is 13.2 Å². The molecule has 6 nitrogen and oxygen atoms in total. The van der Waals surface area contributed by atoms with Crippen molar-refractivity contribution in [1.29, 1.82) is 0 Å². The van der Waals surface area contributed by atoms with Gasteiger partial charge in [0.2, 0.25) is 5.82 Å². The fourth-order valence-electron chi connectivity index (χ4n) is 2.56. The summed E-state index contributed by atoms with van der Waals surface area (Å²) in [6.45, 7) is 1.35. The Balaban J connectivity index is 2.04. The van der Waals surface area contributed by atoms with Gasteiger partial charge in [0.05, 0.1) is 5.92 Å². The van der Waals surface area contributed by atoms with Gasteiger partial charge in [0.15, 0.2) is 0 Å². The molecule has 9 heteroatoms. The third-order valence-corrected chi connectivity index (χ3v) is 3.75. The first-order valence-corrected chi connectivity index (χ1v) is 7.13. The number of carbonyl (C=O) groups is 2. The number of aromatic nitrogens is 2. The third kappa shape index (κ3) is 4.40. The zero-order valence-corrected chi connectivity index (χ0v) is 12.4. The van der Waals surface area contributed by atoms with Crippen molar-refractivity contribution in [3.05, 3.63) is 23.3 Å². The summed E-state index contributed by atoms with van der Waals surface area (Å²) in [7, 11) is 0. The molecule has 23 heavy (non-hydrogen) atoms. The van der Waals surface area contributed by atoms with E-state index in [9.17, 15) is 22.8 Å². The fourth-order valence-corrected chi connectivity index (χ4v) is 2.56. The van der Waals surface area contributed by atoms with Gasteiger partial charge in [0.1, 0.15) is 5.69 Å². The van der Waals surface area contributed by atoms with E-state index in [1.54, 1.807) is 0 Å². The van der Waals surface area contributed by atoms with Gasteiger partial charge in [-0.3, -0.25) is 9.59 Å². The van der Waals surface area contributed by atoms with Gasteiger partial charge in [0, 0.05) is 11.7 Å². The highest BCUT2D eigenvalue weighted by Gasteiger charge is 2.36. The number of rotatable bonds is 3. The number of alkyl halides is 3. The minimum absolute atomic E-state index is 0.0482. The summed E-state index contributed by atoms with van der Waals surface area (Å²) in [6, 6.07) is 0.927.